The Morgan fingerprint density at radius 2 is 2.17 bits per heavy atom. The zero-order valence-electron chi connectivity index (χ0n) is 7.75. The highest BCUT2D eigenvalue weighted by molar-refractivity contribution is 5.25. The highest BCUT2D eigenvalue weighted by atomic mass is 14.7. The molecule has 1 aromatic rings. The van der Waals surface area contributed by atoms with Gasteiger partial charge in [0.25, 0.3) is 0 Å². The third-order valence-electron chi connectivity index (χ3n) is 2.45. The lowest BCUT2D eigenvalue weighted by Crippen LogP contribution is -1.93. The monoisotopic (exact) mass is 161 g/mol. The molecule has 0 atom stereocenters. The van der Waals surface area contributed by atoms with Gasteiger partial charge in [0.05, 0.1) is 0 Å². The van der Waals surface area contributed by atoms with Crippen LogP contribution in [0.4, 0.5) is 0 Å². The molecule has 0 radical (unpaired) electrons. The molecule has 1 saturated carbocycles. The van der Waals surface area contributed by atoms with Gasteiger partial charge in [0.1, 0.15) is 0 Å². The van der Waals surface area contributed by atoms with Gasteiger partial charge in [-0.2, -0.15) is 0 Å². The van der Waals surface area contributed by atoms with Gasteiger partial charge in [-0.1, -0.05) is 13.8 Å². The van der Waals surface area contributed by atoms with Gasteiger partial charge in [0.15, 0.2) is 0 Å². The molecular formula is C11H15N. The fourth-order valence-corrected chi connectivity index (χ4v) is 1.45. The summed E-state index contributed by atoms with van der Waals surface area (Å²) in [6, 6.07) is 4.42. The SMILES string of the molecule is CC(C)c1cc(C2CC2)ccn1. The van der Waals surface area contributed by atoms with Crippen LogP contribution in [0.25, 0.3) is 0 Å². The summed E-state index contributed by atoms with van der Waals surface area (Å²) < 4.78 is 0. The maximum Gasteiger partial charge on any atom is 0.0431 e. The Hall–Kier alpha value is -0.850. The van der Waals surface area contributed by atoms with Crippen molar-refractivity contribution < 1.29 is 0 Å². The zero-order valence-corrected chi connectivity index (χ0v) is 7.75. The maximum absolute atomic E-state index is 4.35. The van der Waals surface area contributed by atoms with E-state index in [0.717, 1.165) is 5.92 Å². The molecule has 1 aliphatic rings. The minimum Gasteiger partial charge on any atom is -0.261 e. The fourth-order valence-electron chi connectivity index (χ4n) is 1.45. The van der Waals surface area contributed by atoms with E-state index in [0.29, 0.717) is 5.92 Å². The van der Waals surface area contributed by atoms with E-state index in [1.54, 1.807) is 0 Å². The van der Waals surface area contributed by atoms with Crippen molar-refractivity contribution in [1.29, 1.82) is 0 Å². The summed E-state index contributed by atoms with van der Waals surface area (Å²) in [6.45, 7) is 4.39. The number of hydrogen-bond acceptors (Lipinski definition) is 1. The fraction of sp³-hybridized carbons (Fsp3) is 0.545. The van der Waals surface area contributed by atoms with Crippen molar-refractivity contribution in [2.24, 2.45) is 0 Å². The van der Waals surface area contributed by atoms with Crippen LogP contribution in [-0.2, 0) is 0 Å². The van der Waals surface area contributed by atoms with Crippen LogP contribution in [0.3, 0.4) is 0 Å². The van der Waals surface area contributed by atoms with Crippen LogP contribution in [0, 0.1) is 0 Å². The summed E-state index contributed by atoms with van der Waals surface area (Å²) >= 11 is 0. The highest BCUT2D eigenvalue weighted by Gasteiger charge is 2.23. The van der Waals surface area contributed by atoms with Crippen molar-refractivity contribution in [2.75, 3.05) is 0 Å². The Bertz CT molecular complexity index is 257. The second-order valence-corrected chi connectivity index (χ2v) is 3.94. The van der Waals surface area contributed by atoms with Gasteiger partial charge in [-0.3, -0.25) is 4.98 Å². The number of nitrogens with zero attached hydrogens (tertiary/aromatic N) is 1. The summed E-state index contributed by atoms with van der Waals surface area (Å²) in [5.74, 6) is 1.41. The van der Waals surface area contributed by atoms with E-state index in [1.807, 2.05) is 6.20 Å². The first-order valence-corrected chi connectivity index (χ1v) is 4.73. The second kappa shape index (κ2) is 2.89. The van der Waals surface area contributed by atoms with E-state index in [4.69, 9.17) is 0 Å². The third-order valence-corrected chi connectivity index (χ3v) is 2.45. The number of pyridine rings is 1. The Morgan fingerprint density at radius 3 is 2.75 bits per heavy atom. The van der Waals surface area contributed by atoms with Crippen LogP contribution in [-0.4, -0.2) is 4.98 Å². The average molecular weight is 161 g/mol. The normalized spacial score (nSPS) is 16.9. The molecule has 1 heterocycles. The van der Waals surface area contributed by atoms with Gasteiger partial charge < -0.3 is 0 Å². The molecule has 1 aliphatic carbocycles. The molecule has 64 valence electrons. The van der Waals surface area contributed by atoms with Crippen molar-refractivity contribution in [3.8, 4) is 0 Å². The Morgan fingerprint density at radius 1 is 1.42 bits per heavy atom. The average Bonchev–Trinajstić information content (AvgIpc) is 2.87. The molecule has 0 amide bonds. The first kappa shape index (κ1) is 7.78. The van der Waals surface area contributed by atoms with Crippen molar-refractivity contribution in [1.82, 2.24) is 4.98 Å². The summed E-state index contributed by atoms with van der Waals surface area (Å²) in [5.41, 5.74) is 2.73. The molecule has 12 heavy (non-hydrogen) atoms. The van der Waals surface area contributed by atoms with Gasteiger partial charge in [0.2, 0.25) is 0 Å². The molecule has 0 aromatic carbocycles. The predicted octanol–water partition coefficient (Wildman–Crippen LogP) is 3.08. The molecule has 1 nitrogen and oxygen atoms in total. The lowest BCUT2D eigenvalue weighted by molar-refractivity contribution is 0.817. The van der Waals surface area contributed by atoms with Crippen LogP contribution >= 0.6 is 0 Å². The first-order valence-electron chi connectivity index (χ1n) is 4.73. The van der Waals surface area contributed by atoms with Crippen molar-refractivity contribution >= 4 is 0 Å². The quantitative estimate of drug-likeness (QED) is 0.649. The van der Waals surface area contributed by atoms with Gasteiger partial charge in [-0.05, 0) is 42.4 Å². The standard InChI is InChI=1S/C11H15N/c1-8(2)11-7-10(5-6-12-11)9-3-4-9/h5-9H,3-4H2,1-2H3. The first-order chi connectivity index (χ1) is 5.77. The minimum atomic E-state index is 0.559. The molecular weight excluding hydrogens is 146 g/mol. The molecule has 1 aromatic heterocycles. The van der Waals surface area contributed by atoms with Crippen LogP contribution in [0.5, 0.6) is 0 Å². The smallest absolute Gasteiger partial charge is 0.0431 e. The lowest BCUT2D eigenvalue weighted by Gasteiger charge is -2.05. The second-order valence-electron chi connectivity index (χ2n) is 3.94. The van der Waals surface area contributed by atoms with E-state index >= 15 is 0 Å². The molecule has 0 N–H and O–H groups in total. The van der Waals surface area contributed by atoms with Gasteiger partial charge in [0, 0.05) is 11.9 Å². The summed E-state index contributed by atoms with van der Waals surface area (Å²) in [7, 11) is 0. The highest BCUT2D eigenvalue weighted by Crippen LogP contribution is 2.40. The minimum absolute atomic E-state index is 0.559. The molecule has 1 heteroatoms. The van der Waals surface area contributed by atoms with E-state index in [-0.39, 0.29) is 0 Å². The van der Waals surface area contributed by atoms with Crippen LogP contribution in [0.2, 0.25) is 0 Å². The molecule has 0 aliphatic heterocycles. The van der Waals surface area contributed by atoms with Crippen LogP contribution in [0.1, 0.15) is 49.8 Å². The van der Waals surface area contributed by atoms with E-state index in [9.17, 15) is 0 Å². The Kier molecular flexibility index (Phi) is 1.87. The molecule has 0 saturated heterocycles. The molecule has 0 unspecified atom stereocenters. The predicted molar refractivity (Wildman–Crippen MR) is 50.3 cm³/mol. The Labute approximate surface area is 73.8 Å². The van der Waals surface area contributed by atoms with Gasteiger partial charge in [-0.15, -0.1) is 0 Å². The summed E-state index contributed by atoms with van der Waals surface area (Å²) in [5, 5.41) is 0. The summed E-state index contributed by atoms with van der Waals surface area (Å²) in [4.78, 5) is 4.35. The molecule has 0 bridgehead atoms. The largest absolute Gasteiger partial charge is 0.261 e. The number of hydrogen-bond donors (Lipinski definition) is 0. The Balaban J connectivity index is 2.26. The summed E-state index contributed by atoms with van der Waals surface area (Å²) in [6.07, 6.45) is 4.70. The van der Waals surface area contributed by atoms with E-state index < -0.39 is 0 Å². The van der Waals surface area contributed by atoms with Crippen molar-refractivity contribution in [3.05, 3.63) is 29.6 Å². The van der Waals surface area contributed by atoms with Crippen molar-refractivity contribution in [2.45, 2.75) is 38.5 Å². The number of aromatic nitrogens is 1. The van der Waals surface area contributed by atoms with Crippen LogP contribution < -0.4 is 0 Å². The lowest BCUT2D eigenvalue weighted by atomic mass is 10.1. The van der Waals surface area contributed by atoms with E-state index in [1.165, 1.54) is 24.1 Å². The topological polar surface area (TPSA) is 12.9 Å². The third kappa shape index (κ3) is 1.50. The maximum atomic E-state index is 4.35. The zero-order chi connectivity index (χ0) is 8.55. The molecule has 0 spiro atoms. The van der Waals surface area contributed by atoms with Crippen molar-refractivity contribution in [3.63, 3.8) is 0 Å². The van der Waals surface area contributed by atoms with Crippen LogP contribution in [0.15, 0.2) is 18.3 Å². The number of rotatable bonds is 2. The molecule has 2 rings (SSSR count). The van der Waals surface area contributed by atoms with Gasteiger partial charge >= 0.3 is 0 Å². The molecule has 1 fully saturated rings. The van der Waals surface area contributed by atoms with E-state index in [2.05, 4.69) is 31.0 Å². The van der Waals surface area contributed by atoms with Gasteiger partial charge in [-0.25, -0.2) is 0 Å².